The molecule has 0 aliphatic rings. The zero-order chi connectivity index (χ0) is 14.5. The zero-order valence-corrected chi connectivity index (χ0v) is 10.3. The molecule has 5 nitrogen and oxygen atoms in total. The number of hydrogen-bond donors (Lipinski definition) is 1. The monoisotopic (exact) mass is 271 g/mol. The summed E-state index contributed by atoms with van der Waals surface area (Å²) >= 11 is 0. The van der Waals surface area contributed by atoms with Crippen molar-refractivity contribution in [2.75, 3.05) is 5.32 Å². The van der Waals surface area contributed by atoms with Crippen LogP contribution in [0.3, 0.4) is 0 Å². The van der Waals surface area contributed by atoms with Crippen LogP contribution >= 0.6 is 0 Å². The van der Waals surface area contributed by atoms with E-state index in [0.29, 0.717) is 11.3 Å². The lowest BCUT2D eigenvalue weighted by molar-refractivity contribution is -0.385. The molecule has 0 saturated carbocycles. The first kappa shape index (κ1) is 13.5. The van der Waals surface area contributed by atoms with E-state index in [0.717, 1.165) is 0 Å². The van der Waals surface area contributed by atoms with Gasteiger partial charge < -0.3 is 5.32 Å². The number of nitriles is 1. The molecule has 1 N–H and O–H groups in total. The SMILES string of the molecule is N#Cc1cc(NCc2ccccc2F)ccc1[N+](=O)[O-]. The maximum Gasteiger partial charge on any atom is 0.287 e. The number of nitro groups is 1. The number of hydrogen-bond acceptors (Lipinski definition) is 4. The van der Waals surface area contributed by atoms with Crippen molar-refractivity contribution in [1.82, 2.24) is 0 Å². The van der Waals surface area contributed by atoms with Crippen LogP contribution < -0.4 is 5.32 Å². The minimum Gasteiger partial charge on any atom is -0.381 e. The summed E-state index contributed by atoms with van der Waals surface area (Å²) in [6.45, 7) is 0.232. The van der Waals surface area contributed by atoms with E-state index in [4.69, 9.17) is 5.26 Å². The van der Waals surface area contributed by atoms with Gasteiger partial charge in [-0.3, -0.25) is 10.1 Å². The molecule has 0 aliphatic carbocycles. The number of nitro benzene ring substituents is 1. The molecule has 0 amide bonds. The fourth-order valence-corrected chi connectivity index (χ4v) is 1.73. The Bertz CT molecular complexity index is 695. The summed E-state index contributed by atoms with van der Waals surface area (Å²) in [5, 5.41) is 22.5. The van der Waals surface area contributed by atoms with Gasteiger partial charge in [-0.2, -0.15) is 5.26 Å². The van der Waals surface area contributed by atoms with Crippen molar-refractivity contribution in [3.8, 4) is 6.07 Å². The minimum atomic E-state index is -0.612. The molecule has 20 heavy (non-hydrogen) atoms. The molecule has 0 fully saturated rings. The Hall–Kier alpha value is -2.94. The van der Waals surface area contributed by atoms with Crippen LogP contribution in [0.2, 0.25) is 0 Å². The van der Waals surface area contributed by atoms with Crippen molar-refractivity contribution < 1.29 is 9.31 Å². The van der Waals surface area contributed by atoms with Crippen LogP contribution in [-0.2, 0) is 6.54 Å². The third-order valence-corrected chi connectivity index (χ3v) is 2.75. The van der Waals surface area contributed by atoms with Gasteiger partial charge in [-0.25, -0.2) is 4.39 Å². The number of nitrogens with one attached hydrogen (secondary N) is 1. The first-order chi connectivity index (χ1) is 9.61. The van der Waals surface area contributed by atoms with Gasteiger partial charge in [0, 0.05) is 23.9 Å². The normalized spacial score (nSPS) is 9.80. The van der Waals surface area contributed by atoms with Gasteiger partial charge in [0.05, 0.1) is 4.92 Å². The Balaban J connectivity index is 2.17. The number of halogens is 1. The van der Waals surface area contributed by atoms with Crippen LogP contribution in [0.4, 0.5) is 15.8 Å². The van der Waals surface area contributed by atoms with Gasteiger partial charge in [0.2, 0.25) is 0 Å². The van der Waals surface area contributed by atoms with E-state index in [9.17, 15) is 14.5 Å². The van der Waals surface area contributed by atoms with Gasteiger partial charge in [-0.15, -0.1) is 0 Å². The van der Waals surface area contributed by atoms with Crippen molar-refractivity contribution in [2.24, 2.45) is 0 Å². The molecule has 0 atom stereocenters. The molecule has 0 aromatic heterocycles. The third kappa shape index (κ3) is 2.90. The minimum absolute atomic E-state index is 0.0338. The van der Waals surface area contributed by atoms with Crippen molar-refractivity contribution in [3.05, 3.63) is 69.5 Å². The van der Waals surface area contributed by atoms with Crippen molar-refractivity contribution in [1.29, 1.82) is 5.26 Å². The van der Waals surface area contributed by atoms with Crippen LogP contribution in [0.25, 0.3) is 0 Å². The summed E-state index contributed by atoms with van der Waals surface area (Å²) in [5.41, 5.74) is 0.720. The first-order valence-electron chi connectivity index (χ1n) is 5.77. The summed E-state index contributed by atoms with van der Waals surface area (Å²) in [6, 6.07) is 12.2. The highest BCUT2D eigenvalue weighted by Crippen LogP contribution is 2.22. The number of benzene rings is 2. The number of anilines is 1. The molecule has 2 aromatic carbocycles. The molecule has 0 bridgehead atoms. The van der Waals surface area contributed by atoms with Crippen LogP contribution in [0.1, 0.15) is 11.1 Å². The van der Waals surface area contributed by atoms with Crippen molar-refractivity contribution in [2.45, 2.75) is 6.54 Å². The van der Waals surface area contributed by atoms with Crippen molar-refractivity contribution in [3.63, 3.8) is 0 Å². The van der Waals surface area contributed by atoms with Gasteiger partial charge in [-0.1, -0.05) is 18.2 Å². The molecule has 0 aliphatic heterocycles. The maximum atomic E-state index is 13.4. The Labute approximate surface area is 114 Å². The number of rotatable bonds is 4. The molecule has 2 rings (SSSR count). The lowest BCUT2D eigenvalue weighted by atomic mass is 10.1. The van der Waals surface area contributed by atoms with Crippen LogP contribution in [0.5, 0.6) is 0 Å². The highest BCUT2D eigenvalue weighted by atomic mass is 19.1. The average Bonchev–Trinajstić information content (AvgIpc) is 2.46. The zero-order valence-electron chi connectivity index (χ0n) is 10.3. The Morgan fingerprint density at radius 1 is 1.30 bits per heavy atom. The molecule has 2 aromatic rings. The summed E-state index contributed by atoms with van der Waals surface area (Å²) < 4.78 is 13.4. The van der Waals surface area contributed by atoms with Gasteiger partial charge in [0.1, 0.15) is 17.4 Å². The molecule has 0 saturated heterocycles. The van der Waals surface area contributed by atoms with Gasteiger partial charge in [-0.05, 0) is 18.2 Å². The highest BCUT2D eigenvalue weighted by molar-refractivity contribution is 5.58. The molecule has 0 radical (unpaired) electrons. The molecule has 0 heterocycles. The Kier molecular flexibility index (Phi) is 3.91. The van der Waals surface area contributed by atoms with Crippen molar-refractivity contribution >= 4 is 11.4 Å². The second-order valence-electron chi connectivity index (χ2n) is 4.05. The largest absolute Gasteiger partial charge is 0.381 e. The Morgan fingerprint density at radius 2 is 2.05 bits per heavy atom. The second-order valence-corrected chi connectivity index (χ2v) is 4.05. The summed E-state index contributed by atoms with van der Waals surface area (Å²) in [6.07, 6.45) is 0. The lowest BCUT2D eigenvalue weighted by Gasteiger charge is -2.07. The van der Waals surface area contributed by atoms with E-state index in [2.05, 4.69) is 5.32 Å². The second kappa shape index (κ2) is 5.80. The fraction of sp³-hybridized carbons (Fsp3) is 0.0714. The molecule has 6 heteroatoms. The molecule has 0 spiro atoms. The maximum absolute atomic E-state index is 13.4. The van der Waals surface area contributed by atoms with Crippen LogP contribution in [-0.4, -0.2) is 4.92 Å². The van der Waals surface area contributed by atoms with E-state index in [1.165, 1.54) is 24.3 Å². The predicted octanol–water partition coefficient (Wildman–Crippen LogP) is 3.22. The summed E-state index contributed by atoms with van der Waals surface area (Å²) in [4.78, 5) is 10.1. The van der Waals surface area contributed by atoms with Crippen LogP contribution in [0.15, 0.2) is 42.5 Å². The summed E-state index contributed by atoms with van der Waals surface area (Å²) in [5.74, 6) is -0.331. The lowest BCUT2D eigenvalue weighted by Crippen LogP contribution is -2.02. The molecule has 100 valence electrons. The molecular formula is C14H10FN3O2. The smallest absolute Gasteiger partial charge is 0.287 e. The van der Waals surface area contributed by atoms with Gasteiger partial charge >= 0.3 is 0 Å². The van der Waals surface area contributed by atoms with E-state index in [1.807, 2.05) is 0 Å². The van der Waals surface area contributed by atoms with Crippen LogP contribution in [0, 0.1) is 27.3 Å². The quantitative estimate of drug-likeness (QED) is 0.684. The van der Waals surface area contributed by atoms with E-state index >= 15 is 0 Å². The first-order valence-corrected chi connectivity index (χ1v) is 5.77. The third-order valence-electron chi connectivity index (χ3n) is 2.75. The highest BCUT2D eigenvalue weighted by Gasteiger charge is 2.13. The Morgan fingerprint density at radius 3 is 2.70 bits per heavy atom. The van der Waals surface area contributed by atoms with E-state index < -0.39 is 4.92 Å². The fourth-order valence-electron chi connectivity index (χ4n) is 1.73. The topological polar surface area (TPSA) is 79.0 Å². The summed E-state index contributed by atoms with van der Waals surface area (Å²) in [7, 11) is 0. The average molecular weight is 271 g/mol. The van der Waals surface area contributed by atoms with Gasteiger partial charge in [0.15, 0.2) is 0 Å². The van der Waals surface area contributed by atoms with Gasteiger partial charge in [0.25, 0.3) is 5.69 Å². The van der Waals surface area contributed by atoms with E-state index in [1.54, 1.807) is 24.3 Å². The van der Waals surface area contributed by atoms with E-state index in [-0.39, 0.29) is 23.6 Å². The molecular weight excluding hydrogens is 261 g/mol. The molecule has 0 unspecified atom stereocenters. The number of nitrogens with zero attached hydrogens (tertiary/aromatic N) is 2. The predicted molar refractivity (Wildman–Crippen MR) is 71.5 cm³/mol. The standard InChI is InChI=1S/C14H10FN3O2/c15-13-4-2-1-3-10(13)9-17-12-5-6-14(18(19)20)11(7-12)8-16/h1-7,17H,9H2.